The molecular formula is C14H18N2O. The number of hydrogen-bond acceptors (Lipinski definition) is 2. The third-order valence-electron chi connectivity index (χ3n) is 3.85. The van der Waals surface area contributed by atoms with Gasteiger partial charge in [0.05, 0.1) is 0 Å². The van der Waals surface area contributed by atoms with E-state index in [1.165, 1.54) is 5.56 Å². The normalized spacial score (nSPS) is 28.8. The topological polar surface area (TPSA) is 32.3 Å². The van der Waals surface area contributed by atoms with Crippen LogP contribution in [0.25, 0.3) is 0 Å². The molecule has 2 heterocycles. The third-order valence-corrected chi connectivity index (χ3v) is 3.85. The van der Waals surface area contributed by atoms with E-state index in [0.29, 0.717) is 18.4 Å². The van der Waals surface area contributed by atoms with E-state index >= 15 is 0 Å². The van der Waals surface area contributed by atoms with Gasteiger partial charge in [-0.25, -0.2) is 0 Å². The van der Waals surface area contributed by atoms with Crippen LogP contribution >= 0.6 is 0 Å². The van der Waals surface area contributed by atoms with Gasteiger partial charge >= 0.3 is 0 Å². The molecule has 1 N–H and O–H groups in total. The molecule has 17 heavy (non-hydrogen) atoms. The summed E-state index contributed by atoms with van der Waals surface area (Å²) in [6.45, 7) is 3.13. The van der Waals surface area contributed by atoms with Crippen LogP contribution in [0.2, 0.25) is 0 Å². The van der Waals surface area contributed by atoms with Crippen LogP contribution in [0.15, 0.2) is 30.3 Å². The average molecular weight is 230 g/mol. The number of piperidine rings is 1. The molecule has 0 spiro atoms. The van der Waals surface area contributed by atoms with Gasteiger partial charge in [0.1, 0.15) is 0 Å². The molecule has 1 amide bonds. The summed E-state index contributed by atoms with van der Waals surface area (Å²) in [5, 5.41) is 3.11. The molecule has 3 rings (SSSR count). The highest BCUT2D eigenvalue weighted by Crippen LogP contribution is 2.26. The monoisotopic (exact) mass is 230 g/mol. The molecule has 1 aromatic rings. The van der Waals surface area contributed by atoms with Crippen LogP contribution in [-0.4, -0.2) is 29.9 Å². The Morgan fingerprint density at radius 2 is 2.06 bits per heavy atom. The molecule has 0 aromatic heterocycles. The van der Waals surface area contributed by atoms with Crippen molar-refractivity contribution in [1.82, 2.24) is 10.2 Å². The first-order valence-electron chi connectivity index (χ1n) is 6.37. The molecule has 2 aliphatic heterocycles. The third kappa shape index (κ3) is 2.34. The Hall–Kier alpha value is -1.35. The molecule has 1 aromatic carbocycles. The zero-order valence-corrected chi connectivity index (χ0v) is 9.93. The first kappa shape index (κ1) is 10.8. The summed E-state index contributed by atoms with van der Waals surface area (Å²) < 4.78 is 0. The summed E-state index contributed by atoms with van der Waals surface area (Å²) in [6, 6.07) is 10.9. The standard InChI is InChI=1S/C14H18N2O/c17-14-7-6-12-9-16(10-13(12)15-14)8-11-4-2-1-3-5-11/h1-5,12-13H,6-10H2,(H,15,17)/t12-,13+/m1/s1. The van der Waals surface area contributed by atoms with Crippen LogP contribution in [0.3, 0.4) is 0 Å². The molecule has 0 unspecified atom stereocenters. The molecule has 2 aliphatic rings. The second-order valence-corrected chi connectivity index (χ2v) is 5.15. The van der Waals surface area contributed by atoms with Crippen molar-refractivity contribution < 1.29 is 4.79 Å². The number of hydrogen-bond donors (Lipinski definition) is 1. The van der Waals surface area contributed by atoms with Crippen molar-refractivity contribution in [2.75, 3.05) is 13.1 Å². The first-order valence-corrected chi connectivity index (χ1v) is 6.37. The van der Waals surface area contributed by atoms with E-state index in [9.17, 15) is 4.79 Å². The summed E-state index contributed by atoms with van der Waals surface area (Å²) in [7, 11) is 0. The number of rotatable bonds is 2. The number of fused-ring (bicyclic) bond motifs is 1. The van der Waals surface area contributed by atoms with E-state index in [0.717, 1.165) is 26.1 Å². The van der Waals surface area contributed by atoms with Gasteiger partial charge in [0.15, 0.2) is 0 Å². The summed E-state index contributed by atoms with van der Waals surface area (Å²) in [5.41, 5.74) is 1.36. The highest BCUT2D eigenvalue weighted by Gasteiger charge is 2.36. The zero-order chi connectivity index (χ0) is 11.7. The largest absolute Gasteiger partial charge is 0.352 e. The number of carbonyl (C=O) groups excluding carboxylic acids is 1. The van der Waals surface area contributed by atoms with Gasteiger partial charge in [-0.2, -0.15) is 0 Å². The second-order valence-electron chi connectivity index (χ2n) is 5.15. The first-order chi connectivity index (χ1) is 8.31. The Balaban J connectivity index is 1.62. The van der Waals surface area contributed by atoms with Crippen LogP contribution in [0, 0.1) is 5.92 Å². The maximum absolute atomic E-state index is 11.3. The predicted octanol–water partition coefficient (Wildman–Crippen LogP) is 1.40. The van der Waals surface area contributed by atoms with E-state index in [4.69, 9.17) is 0 Å². The van der Waals surface area contributed by atoms with Crippen molar-refractivity contribution in [3.63, 3.8) is 0 Å². The second kappa shape index (κ2) is 4.49. The predicted molar refractivity (Wildman–Crippen MR) is 66.4 cm³/mol. The number of nitrogens with zero attached hydrogens (tertiary/aromatic N) is 1. The molecule has 0 aliphatic carbocycles. The Morgan fingerprint density at radius 1 is 1.24 bits per heavy atom. The van der Waals surface area contributed by atoms with E-state index in [2.05, 4.69) is 34.5 Å². The van der Waals surface area contributed by atoms with Gasteiger partial charge in [0.2, 0.25) is 5.91 Å². The minimum absolute atomic E-state index is 0.229. The molecule has 3 nitrogen and oxygen atoms in total. The van der Waals surface area contributed by atoms with Crippen molar-refractivity contribution in [3.8, 4) is 0 Å². The van der Waals surface area contributed by atoms with E-state index in [-0.39, 0.29) is 5.91 Å². The average Bonchev–Trinajstić information content (AvgIpc) is 2.71. The number of amides is 1. The lowest BCUT2D eigenvalue weighted by Gasteiger charge is -2.24. The summed E-state index contributed by atoms with van der Waals surface area (Å²) in [5.74, 6) is 0.893. The van der Waals surface area contributed by atoms with Crippen LogP contribution < -0.4 is 5.32 Å². The highest BCUT2D eigenvalue weighted by molar-refractivity contribution is 5.77. The number of benzene rings is 1. The fourth-order valence-corrected chi connectivity index (χ4v) is 2.98. The molecule has 2 fully saturated rings. The lowest BCUT2D eigenvalue weighted by molar-refractivity contribution is -0.123. The Kier molecular flexibility index (Phi) is 2.85. The minimum Gasteiger partial charge on any atom is -0.352 e. The number of likely N-dealkylation sites (tertiary alicyclic amines) is 1. The molecular weight excluding hydrogens is 212 g/mol. The zero-order valence-electron chi connectivity index (χ0n) is 9.93. The molecule has 2 atom stereocenters. The number of nitrogens with one attached hydrogen (secondary N) is 1. The maximum atomic E-state index is 11.3. The molecule has 0 bridgehead atoms. The van der Waals surface area contributed by atoms with E-state index in [1.807, 2.05) is 6.07 Å². The van der Waals surface area contributed by atoms with Crippen molar-refractivity contribution in [2.24, 2.45) is 5.92 Å². The molecule has 90 valence electrons. The van der Waals surface area contributed by atoms with Gasteiger partial charge in [-0.3, -0.25) is 9.69 Å². The highest BCUT2D eigenvalue weighted by atomic mass is 16.1. The fraction of sp³-hybridized carbons (Fsp3) is 0.500. The van der Waals surface area contributed by atoms with E-state index in [1.54, 1.807) is 0 Å². The SMILES string of the molecule is O=C1CC[C@@H]2CN(Cc3ccccc3)C[C@@H]2N1. The quantitative estimate of drug-likeness (QED) is 0.833. The van der Waals surface area contributed by atoms with E-state index < -0.39 is 0 Å². The van der Waals surface area contributed by atoms with Crippen molar-refractivity contribution in [3.05, 3.63) is 35.9 Å². The van der Waals surface area contributed by atoms with Crippen LogP contribution in [-0.2, 0) is 11.3 Å². The van der Waals surface area contributed by atoms with Gasteiger partial charge in [0.25, 0.3) is 0 Å². The van der Waals surface area contributed by atoms with Gasteiger partial charge in [-0.15, -0.1) is 0 Å². The molecule has 2 saturated heterocycles. The Labute approximate surface area is 102 Å². The van der Waals surface area contributed by atoms with Gasteiger partial charge in [0, 0.05) is 32.1 Å². The van der Waals surface area contributed by atoms with Crippen LogP contribution in [0.1, 0.15) is 18.4 Å². The Bertz CT molecular complexity index is 404. The summed E-state index contributed by atoms with van der Waals surface area (Å²) >= 11 is 0. The lowest BCUT2D eigenvalue weighted by atomic mass is 9.94. The molecule has 3 heteroatoms. The molecule has 0 radical (unpaired) electrons. The van der Waals surface area contributed by atoms with Gasteiger partial charge in [-0.1, -0.05) is 30.3 Å². The Morgan fingerprint density at radius 3 is 2.88 bits per heavy atom. The maximum Gasteiger partial charge on any atom is 0.220 e. The summed E-state index contributed by atoms with van der Waals surface area (Å²) in [6.07, 6.45) is 1.77. The van der Waals surface area contributed by atoms with Crippen molar-refractivity contribution in [2.45, 2.75) is 25.4 Å². The lowest BCUT2D eigenvalue weighted by Crippen LogP contribution is -2.44. The fourth-order valence-electron chi connectivity index (χ4n) is 2.98. The van der Waals surface area contributed by atoms with Crippen molar-refractivity contribution in [1.29, 1.82) is 0 Å². The van der Waals surface area contributed by atoms with Gasteiger partial charge < -0.3 is 5.32 Å². The van der Waals surface area contributed by atoms with Crippen LogP contribution in [0.4, 0.5) is 0 Å². The minimum atomic E-state index is 0.229. The van der Waals surface area contributed by atoms with Crippen molar-refractivity contribution >= 4 is 5.91 Å². The van der Waals surface area contributed by atoms with Crippen LogP contribution in [0.5, 0.6) is 0 Å². The summed E-state index contributed by atoms with van der Waals surface area (Å²) in [4.78, 5) is 13.8. The smallest absolute Gasteiger partial charge is 0.220 e. The number of carbonyl (C=O) groups is 1. The van der Waals surface area contributed by atoms with Gasteiger partial charge in [-0.05, 0) is 17.9 Å². The molecule has 0 saturated carbocycles.